The van der Waals surface area contributed by atoms with E-state index in [1.165, 1.54) is 22.1 Å². The maximum Gasteiger partial charge on any atom is 0.268 e. The second kappa shape index (κ2) is 10.7. The van der Waals surface area contributed by atoms with Crippen LogP contribution in [0.25, 0.3) is 0 Å². The summed E-state index contributed by atoms with van der Waals surface area (Å²) in [5.74, 6) is -0.300. The molecule has 0 aliphatic rings. The Morgan fingerprint density at radius 3 is 2.07 bits per heavy atom. The van der Waals surface area contributed by atoms with E-state index in [0.717, 1.165) is 25.2 Å². The molecule has 0 aliphatic heterocycles. The fourth-order valence-corrected chi connectivity index (χ4v) is 4.88. The molecule has 8 heteroatoms. The van der Waals surface area contributed by atoms with Gasteiger partial charge < -0.3 is 9.88 Å². The van der Waals surface area contributed by atoms with Crippen molar-refractivity contribution in [1.29, 1.82) is 0 Å². The standard InChI is InChI=1S/C22H34N4O3S/c1-6-25(7-2)16-19-12-10-18(11-13-19)15-23-22(27)21-14-20(17-24(21)5)30(28,29)26(8-3)9-4/h10-14,17H,6-9,15-16H2,1-5H3,(H,23,27). The lowest BCUT2D eigenvalue weighted by molar-refractivity contribution is 0.0942. The summed E-state index contributed by atoms with van der Waals surface area (Å²) in [5.41, 5.74) is 2.55. The zero-order chi connectivity index (χ0) is 22.3. The molecule has 0 bridgehead atoms. The van der Waals surface area contributed by atoms with E-state index in [-0.39, 0.29) is 10.8 Å². The minimum atomic E-state index is -3.59. The molecule has 0 saturated heterocycles. The van der Waals surface area contributed by atoms with E-state index in [1.807, 2.05) is 12.1 Å². The molecule has 0 fully saturated rings. The highest BCUT2D eigenvalue weighted by Crippen LogP contribution is 2.18. The van der Waals surface area contributed by atoms with Crippen LogP contribution in [-0.2, 0) is 30.2 Å². The van der Waals surface area contributed by atoms with Crippen molar-refractivity contribution in [3.8, 4) is 0 Å². The first kappa shape index (κ1) is 24.1. The average Bonchev–Trinajstić information content (AvgIpc) is 3.14. The minimum absolute atomic E-state index is 0.139. The number of carbonyl (C=O) groups excluding carboxylic acids is 1. The molecule has 2 rings (SSSR count). The number of hydrogen-bond donors (Lipinski definition) is 1. The molecule has 0 saturated carbocycles. The summed E-state index contributed by atoms with van der Waals surface area (Å²) in [7, 11) is -1.92. The summed E-state index contributed by atoms with van der Waals surface area (Å²) in [6.45, 7) is 12.0. The van der Waals surface area contributed by atoms with Crippen LogP contribution in [0.3, 0.4) is 0 Å². The number of benzene rings is 1. The van der Waals surface area contributed by atoms with E-state index in [4.69, 9.17) is 0 Å². The molecule has 0 unspecified atom stereocenters. The van der Waals surface area contributed by atoms with Crippen LogP contribution in [-0.4, -0.2) is 54.3 Å². The van der Waals surface area contributed by atoms with Gasteiger partial charge in [0.15, 0.2) is 0 Å². The van der Waals surface area contributed by atoms with Gasteiger partial charge in [0.05, 0.1) is 0 Å². The van der Waals surface area contributed by atoms with Gasteiger partial charge in [-0.15, -0.1) is 0 Å². The highest BCUT2D eigenvalue weighted by Gasteiger charge is 2.25. The second-order valence-electron chi connectivity index (χ2n) is 7.22. The Morgan fingerprint density at radius 1 is 0.967 bits per heavy atom. The summed E-state index contributed by atoms with van der Waals surface area (Å²) >= 11 is 0. The smallest absolute Gasteiger partial charge is 0.268 e. The predicted octanol–water partition coefficient (Wildman–Crippen LogP) is 2.83. The van der Waals surface area contributed by atoms with Gasteiger partial charge in [0.25, 0.3) is 5.91 Å². The van der Waals surface area contributed by atoms with E-state index in [9.17, 15) is 13.2 Å². The Kier molecular flexibility index (Phi) is 8.64. The van der Waals surface area contributed by atoms with E-state index < -0.39 is 10.0 Å². The van der Waals surface area contributed by atoms with Crippen molar-refractivity contribution in [2.75, 3.05) is 26.2 Å². The van der Waals surface area contributed by atoms with Gasteiger partial charge in [-0.05, 0) is 30.3 Å². The number of nitrogens with one attached hydrogen (secondary N) is 1. The SMILES string of the molecule is CCN(CC)Cc1ccc(CNC(=O)c2cc(S(=O)(=O)N(CC)CC)cn2C)cc1. The van der Waals surface area contributed by atoms with Crippen LogP contribution >= 0.6 is 0 Å². The van der Waals surface area contributed by atoms with Crippen LogP contribution in [0.1, 0.15) is 49.3 Å². The van der Waals surface area contributed by atoms with Crippen LogP contribution in [0.2, 0.25) is 0 Å². The number of nitrogens with zero attached hydrogens (tertiary/aromatic N) is 3. The van der Waals surface area contributed by atoms with Crippen LogP contribution in [0.5, 0.6) is 0 Å². The van der Waals surface area contributed by atoms with Gasteiger partial charge in [-0.3, -0.25) is 9.69 Å². The quantitative estimate of drug-likeness (QED) is 0.590. The van der Waals surface area contributed by atoms with Crippen molar-refractivity contribution < 1.29 is 13.2 Å². The van der Waals surface area contributed by atoms with Crippen LogP contribution in [0.4, 0.5) is 0 Å². The third kappa shape index (κ3) is 5.71. The summed E-state index contributed by atoms with van der Waals surface area (Å²) < 4.78 is 28.3. The molecule has 1 aromatic carbocycles. The summed E-state index contributed by atoms with van der Waals surface area (Å²) in [6.07, 6.45) is 1.49. The van der Waals surface area contributed by atoms with Gasteiger partial charge in [-0.25, -0.2) is 8.42 Å². The predicted molar refractivity (Wildman–Crippen MR) is 120 cm³/mol. The molecule has 0 radical (unpaired) electrons. The average molecular weight is 435 g/mol. The van der Waals surface area contributed by atoms with Crippen molar-refractivity contribution in [3.05, 3.63) is 53.3 Å². The normalized spacial score (nSPS) is 12.0. The molecule has 0 atom stereocenters. The Morgan fingerprint density at radius 2 is 1.53 bits per heavy atom. The highest BCUT2D eigenvalue weighted by atomic mass is 32.2. The second-order valence-corrected chi connectivity index (χ2v) is 9.16. The Balaban J connectivity index is 2.04. The molecule has 0 aliphatic carbocycles. The molecule has 30 heavy (non-hydrogen) atoms. The zero-order valence-electron chi connectivity index (χ0n) is 18.7. The first-order valence-corrected chi connectivity index (χ1v) is 12.0. The number of amides is 1. The van der Waals surface area contributed by atoms with Gasteiger partial charge in [0.1, 0.15) is 10.6 Å². The number of hydrogen-bond acceptors (Lipinski definition) is 4. The van der Waals surface area contributed by atoms with Gasteiger partial charge in [-0.1, -0.05) is 52.0 Å². The molecule has 166 valence electrons. The number of carbonyl (C=O) groups is 1. The minimum Gasteiger partial charge on any atom is -0.347 e. The largest absolute Gasteiger partial charge is 0.347 e. The van der Waals surface area contributed by atoms with Crippen molar-refractivity contribution in [1.82, 2.24) is 19.1 Å². The molecular formula is C22H34N4O3S. The van der Waals surface area contributed by atoms with E-state index >= 15 is 0 Å². The topological polar surface area (TPSA) is 74.7 Å². The van der Waals surface area contributed by atoms with Crippen molar-refractivity contribution in [2.24, 2.45) is 7.05 Å². The summed E-state index contributed by atoms with van der Waals surface area (Å²) in [4.78, 5) is 15.1. The van der Waals surface area contributed by atoms with Gasteiger partial charge >= 0.3 is 0 Å². The van der Waals surface area contributed by atoms with Crippen LogP contribution in [0, 0.1) is 0 Å². The summed E-state index contributed by atoms with van der Waals surface area (Å²) in [6, 6.07) is 9.63. The van der Waals surface area contributed by atoms with Gasteiger partial charge in [-0.2, -0.15) is 4.31 Å². The lowest BCUT2D eigenvalue weighted by Gasteiger charge is -2.18. The highest BCUT2D eigenvalue weighted by molar-refractivity contribution is 7.89. The molecule has 1 heterocycles. The number of rotatable bonds is 11. The van der Waals surface area contributed by atoms with E-state index in [1.54, 1.807) is 25.5 Å². The third-order valence-electron chi connectivity index (χ3n) is 5.33. The Labute approximate surface area is 180 Å². The Hall–Kier alpha value is -2.16. The van der Waals surface area contributed by atoms with Gasteiger partial charge in [0.2, 0.25) is 10.0 Å². The molecule has 2 aromatic rings. The number of sulfonamides is 1. The lowest BCUT2D eigenvalue weighted by atomic mass is 10.1. The molecular weight excluding hydrogens is 400 g/mol. The Bertz CT molecular complexity index is 928. The first-order valence-electron chi connectivity index (χ1n) is 10.5. The molecule has 1 N–H and O–H groups in total. The van der Waals surface area contributed by atoms with E-state index in [2.05, 4.69) is 36.2 Å². The lowest BCUT2D eigenvalue weighted by Crippen LogP contribution is -2.30. The first-order chi connectivity index (χ1) is 14.3. The number of aromatic nitrogens is 1. The molecule has 1 aromatic heterocycles. The third-order valence-corrected chi connectivity index (χ3v) is 7.35. The van der Waals surface area contributed by atoms with Crippen molar-refractivity contribution in [2.45, 2.75) is 45.7 Å². The number of aryl methyl sites for hydroxylation is 1. The fraction of sp³-hybridized carbons (Fsp3) is 0.500. The van der Waals surface area contributed by atoms with Crippen LogP contribution in [0.15, 0.2) is 41.4 Å². The molecule has 1 amide bonds. The fourth-order valence-electron chi connectivity index (χ4n) is 3.35. The van der Waals surface area contributed by atoms with Crippen molar-refractivity contribution in [3.63, 3.8) is 0 Å². The van der Waals surface area contributed by atoms with E-state index in [0.29, 0.717) is 25.3 Å². The monoisotopic (exact) mass is 434 g/mol. The summed E-state index contributed by atoms with van der Waals surface area (Å²) in [5, 5.41) is 2.88. The molecule has 0 spiro atoms. The maximum atomic E-state index is 12.7. The van der Waals surface area contributed by atoms with Gasteiger partial charge in [0, 0.05) is 39.4 Å². The molecule has 7 nitrogen and oxygen atoms in total. The zero-order valence-corrected chi connectivity index (χ0v) is 19.5. The van der Waals surface area contributed by atoms with Crippen molar-refractivity contribution >= 4 is 15.9 Å². The van der Waals surface area contributed by atoms with Crippen LogP contribution < -0.4 is 5.32 Å². The maximum absolute atomic E-state index is 12.7.